The van der Waals surface area contributed by atoms with Crippen LogP contribution in [-0.2, 0) is 4.79 Å². The Hall–Kier alpha value is -0.900. The highest BCUT2D eigenvalue weighted by Crippen LogP contribution is 2.28. The molecule has 2 aliphatic rings. The van der Waals surface area contributed by atoms with Crippen LogP contribution >= 0.6 is 0 Å². The quantitative estimate of drug-likeness (QED) is 0.779. The molecule has 1 aliphatic heterocycles. The fourth-order valence-corrected chi connectivity index (χ4v) is 3.10. The number of hydrogen-bond donors (Lipinski definition) is 1. The van der Waals surface area contributed by atoms with Gasteiger partial charge in [0.15, 0.2) is 0 Å². The summed E-state index contributed by atoms with van der Waals surface area (Å²) in [6, 6.07) is 0.337. The maximum Gasteiger partial charge on any atom is 0.251 e. The summed E-state index contributed by atoms with van der Waals surface area (Å²) in [5.41, 5.74) is 6.65. The Morgan fingerprint density at radius 1 is 1.28 bits per heavy atom. The van der Waals surface area contributed by atoms with Crippen LogP contribution < -0.4 is 5.73 Å². The van der Waals surface area contributed by atoms with Gasteiger partial charge in [0.05, 0.1) is 17.7 Å². The van der Waals surface area contributed by atoms with Crippen LogP contribution in [0.3, 0.4) is 0 Å². The minimum Gasteiger partial charge on any atom is -0.330 e. The molecule has 1 amide bonds. The van der Waals surface area contributed by atoms with Gasteiger partial charge in [0.2, 0.25) is 0 Å². The van der Waals surface area contributed by atoms with Crippen molar-refractivity contribution >= 4 is 11.6 Å². The van der Waals surface area contributed by atoms with Crippen LogP contribution in [0, 0.1) is 5.92 Å². The molecule has 1 fully saturated rings. The molecule has 102 valence electrons. The van der Waals surface area contributed by atoms with Gasteiger partial charge >= 0.3 is 0 Å². The summed E-state index contributed by atoms with van der Waals surface area (Å²) in [4.78, 5) is 12.4. The van der Waals surface area contributed by atoms with E-state index in [2.05, 4.69) is 12.0 Å². The zero-order valence-electron chi connectivity index (χ0n) is 11.4. The van der Waals surface area contributed by atoms with E-state index in [1.807, 2.05) is 0 Å². The summed E-state index contributed by atoms with van der Waals surface area (Å²) in [7, 11) is 0. The maximum absolute atomic E-state index is 12.4. The predicted molar refractivity (Wildman–Crippen MR) is 73.2 cm³/mol. The molecular formula is C14H25N3O. The standard InChI is InChI=1S/C14H25N3O/c1-2-13-12(9-10-15)14(18)17(16-13)11-7-5-3-4-6-8-11/h11-12H,2-10,15H2,1H3. The molecule has 0 bridgehead atoms. The predicted octanol–water partition coefficient (Wildman–Crippen LogP) is 2.28. The molecule has 0 aromatic rings. The molecule has 0 aromatic carbocycles. The van der Waals surface area contributed by atoms with Crippen molar-refractivity contribution < 1.29 is 4.79 Å². The number of carbonyl (C=O) groups is 1. The molecule has 0 saturated heterocycles. The van der Waals surface area contributed by atoms with Gasteiger partial charge in [0.25, 0.3) is 5.91 Å². The van der Waals surface area contributed by atoms with Crippen molar-refractivity contribution in [1.29, 1.82) is 0 Å². The van der Waals surface area contributed by atoms with Gasteiger partial charge in [-0.1, -0.05) is 32.6 Å². The molecule has 0 spiro atoms. The summed E-state index contributed by atoms with van der Waals surface area (Å²) in [5, 5.41) is 6.39. The Kier molecular flexibility index (Phi) is 4.75. The number of nitrogens with two attached hydrogens (primary N) is 1. The van der Waals surface area contributed by atoms with Crippen LogP contribution in [0.5, 0.6) is 0 Å². The van der Waals surface area contributed by atoms with Crippen molar-refractivity contribution in [1.82, 2.24) is 5.01 Å². The SMILES string of the molecule is CCC1=NN(C2CCCCCC2)C(=O)C1CCN. The highest BCUT2D eigenvalue weighted by molar-refractivity contribution is 6.07. The lowest BCUT2D eigenvalue weighted by molar-refractivity contribution is -0.134. The second-order valence-electron chi connectivity index (χ2n) is 5.40. The van der Waals surface area contributed by atoms with Crippen molar-refractivity contribution in [3.05, 3.63) is 0 Å². The summed E-state index contributed by atoms with van der Waals surface area (Å²) >= 11 is 0. The second kappa shape index (κ2) is 6.32. The third kappa shape index (κ3) is 2.74. The average molecular weight is 251 g/mol. The first-order valence-electron chi connectivity index (χ1n) is 7.38. The third-order valence-corrected chi connectivity index (χ3v) is 4.15. The third-order valence-electron chi connectivity index (χ3n) is 4.15. The molecule has 2 rings (SSSR count). The van der Waals surface area contributed by atoms with Crippen molar-refractivity contribution in [2.24, 2.45) is 16.8 Å². The number of hydrazone groups is 1. The van der Waals surface area contributed by atoms with Crippen LogP contribution in [0.4, 0.5) is 0 Å². The van der Waals surface area contributed by atoms with Crippen LogP contribution in [0.1, 0.15) is 58.3 Å². The Labute approximate surface area is 110 Å². The van der Waals surface area contributed by atoms with E-state index < -0.39 is 0 Å². The van der Waals surface area contributed by atoms with Crippen LogP contribution in [0.25, 0.3) is 0 Å². The molecule has 1 saturated carbocycles. The Balaban J connectivity index is 2.08. The van der Waals surface area contributed by atoms with Gasteiger partial charge in [-0.15, -0.1) is 0 Å². The molecule has 0 aromatic heterocycles. The Morgan fingerprint density at radius 2 is 1.94 bits per heavy atom. The fourth-order valence-electron chi connectivity index (χ4n) is 3.10. The van der Waals surface area contributed by atoms with Gasteiger partial charge < -0.3 is 5.73 Å². The molecule has 18 heavy (non-hydrogen) atoms. The summed E-state index contributed by atoms with van der Waals surface area (Å²) in [6.07, 6.45) is 8.89. The lowest BCUT2D eigenvalue weighted by Gasteiger charge is -2.24. The van der Waals surface area contributed by atoms with Crippen LogP contribution in [0.15, 0.2) is 5.10 Å². The number of amides is 1. The number of nitrogens with zero attached hydrogens (tertiary/aromatic N) is 2. The van der Waals surface area contributed by atoms with E-state index in [1.54, 1.807) is 5.01 Å². The van der Waals surface area contributed by atoms with Crippen molar-refractivity contribution in [2.75, 3.05) is 6.54 Å². The zero-order valence-corrected chi connectivity index (χ0v) is 11.4. The largest absolute Gasteiger partial charge is 0.330 e. The van der Waals surface area contributed by atoms with Gasteiger partial charge in [-0.05, 0) is 32.2 Å². The van der Waals surface area contributed by atoms with E-state index in [9.17, 15) is 4.79 Å². The molecule has 0 radical (unpaired) electrons. The molecule has 1 aliphatic carbocycles. The number of hydrogen-bond acceptors (Lipinski definition) is 3. The lowest BCUT2D eigenvalue weighted by atomic mass is 9.97. The summed E-state index contributed by atoms with van der Waals surface area (Å²) < 4.78 is 0. The molecule has 1 unspecified atom stereocenters. The second-order valence-corrected chi connectivity index (χ2v) is 5.40. The van der Waals surface area contributed by atoms with E-state index in [1.165, 1.54) is 25.7 Å². The lowest BCUT2D eigenvalue weighted by Crippen LogP contribution is -2.36. The van der Waals surface area contributed by atoms with Crippen molar-refractivity contribution in [2.45, 2.75) is 64.3 Å². The minimum absolute atomic E-state index is 0.0387. The monoisotopic (exact) mass is 251 g/mol. The summed E-state index contributed by atoms with van der Waals surface area (Å²) in [6.45, 7) is 2.64. The summed E-state index contributed by atoms with van der Waals surface area (Å²) in [5.74, 6) is 0.160. The Morgan fingerprint density at radius 3 is 2.50 bits per heavy atom. The first-order chi connectivity index (χ1) is 8.77. The molecule has 2 N–H and O–H groups in total. The highest BCUT2D eigenvalue weighted by atomic mass is 16.2. The van der Waals surface area contributed by atoms with Gasteiger partial charge in [0, 0.05) is 0 Å². The Bertz CT molecular complexity index is 319. The normalized spacial score (nSPS) is 26.3. The van der Waals surface area contributed by atoms with E-state index in [-0.39, 0.29) is 11.8 Å². The fraction of sp³-hybridized carbons (Fsp3) is 0.857. The molecule has 1 atom stereocenters. The zero-order chi connectivity index (χ0) is 13.0. The average Bonchev–Trinajstić information content (AvgIpc) is 2.60. The smallest absolute Gasteiger partial charge is 0.251 e. The highest BCUT2D eigenvalue weighted by Gasteiger charge is 2.37. The molecule has 4 nitrogen and oxygen atoms in total. The minimum atomic E-state index is -0.0387. The van der Waals surface area contributed by atoms with Crippen molar-refractivity contribution in [3.8, 4) is 0 Å². The number of carbonyl (C=O) groups excluding carboxylic acids is 1. The molecule has 4 heteroatoms. The first kappa shape index (κ1) is 13.5. The van der Waals surface area contributed by atoms with Crippen molar-refractivity contribution in [3.63, 3.8) is 0 Å². The molecular weight excluding hydrogens is 226 g/mol. The topological polar surface area (TPSA) is 58.7 Å². The van der Waals surface area contributed by atoms with E-state index in [4.69, 9.17) is 5.73 Å². The number of rotatable bonds is 4. The van der Waals surface area contributed by atoms with Gasteiger partial charge in [-0.25, -0.2) is 5.01 Å². The van der Waals surface area contributed by atoms with E-state index in [0.717, 1.165) is 31.4 Å². The van der Waals surface area contributed by atoms with Gasteiger partial charge in [-0.2, -0.15) is 5.10 Å². The van der Waals surface area contributed by atoms with E-state index in [0.29, 0.717) is 12.6 Å². The maximum atomic E-state index is 12.4. The van der Waals surface area contributed by atoms with Gasteiger partial charge in [-0.3, -0.25) is 4.79 Å². The van der Waals surface area contributed by atoms with Crippen LogP contribution in [0.2, 0.25) is 0 Å². The molecule has 1 heterocycles. The van der Waals surface area contributed by atoms with E-state index >= 15 is 0 Å². The first-order valence-corrected chi connectivity index (χ1v) is 7.38. The van der Waals surface area contributed by atoms with Gasteiger partial charge in [0.1, 0.15) is 0 Å². The van der Waals surface area contributed by atoms with Crippen LogP contribution in [-0.4, -0.2) is 29.2 Å².